The maximum absolute atomic E-state index is 6.39. The van der Waals surface area contributed by atoms with Gasteiger partial charge in [-0.1, -0.05) is 58.5 Å². The molecule has 0 saturated carbocycles. The predicted octanol–water partition coefficient (Wildman–Crippen LogP) is 7.19. The van der Waals surface area contributed by atoms with Gasteiger partial charge in [-0.2, -0.15) is 11.8 Å². The summed E-state index contributed by atoms with van der Waals surface area (Å²) in [5, 5.41) is 2.53. The van der Waals surface area contributed by atoms with E-state index in [2.05, 4.69) is 4.98 Å². The van der Waals surface area contributed by atoms with Gasteiger partial charge < -0.3 is 9.30 Å². The molecular formula is C20H18Cl4N2OS. The van der Waals surface area contributed by atoms with Crippen LogP contribution in [0.3, 0.4) is 0 Å². The lowest BCUT2D eigenvalue weighted by molar-refractivity contribution is 0.0516. The van der Waals surface area contributed by atoms with Gasteiger partial charge in [0.1, 0.15) is 6.10 Å². The summed E-state index contributed by atoms with van der Waals surface area (Å²) in [6, 6.07) is 11.0. The first kappa shape index (κ1) is 21.8. The molecule has 0 amide bonds. The maximum atomic E-state index is 6.39. The Morgan fingerprint density at radius 2 is 1.75 bits per heavy atom. The molecule has 0 aliphatic carbocycles. The third-order valence-corrected chi connectivity index (χ3v) is 6.18. The zero-order valence-electron chi connectivity index (χ0n) is 14.8. The Balaban J connectivity index is 1.57. The normalized spacial score (nSPS) is 12.3. The zero-order valence-corrected chi connectivity index (χ0v) is 18.7. The van der Waals surface area contributed by atoms with Crippen molar-refractivity contribution < 1.29 is 4.74 Å². The first-order valence-corrected chi connectivity index (χ1v) is 11.2. The summed E-state index contributed by atoms with van der Waals surface area (Å²) < 4.78 is 8.13. The molecule has 0 N–H and O–H groups in total. The van der Waals surface area contributed by atoms with Crippen molar-refractivity contribution in [2.75, 3.05) is 12.4 Å². The van der Waals surface area contributed by atoms with Crippen LogP contribution < -0.4 is 0 Å². The molecule has 0 aliphatic rings. The second-order valence-corrected chi connectivity index (χ2v) is 8.87. The highest BCUT2D eigenvalue weighted by atomic mass is 35.5. The van der Waals surface area contributed by atoms with Crippen LogP contribution in [0.15, 0.2) is 55.1 Å². The van der Waals surface area contributed by atoms with Gasteiger partial charge in [-0.05, 0) is 29.8 Å². The Bertz CT molecular complexity index is 905. The standard InChI is InChI=1S/C20H18Cl4N2OS/c21-15-2-1-14(18(23)9-15)12-28-8-7-27-20(11-26-6-5-25-13-26)17-4-3-16(22)10-19(17)24/h1-6,9-10,13,20H,7-8,11-12H2. The maximum Gasteiger partial charge on any atom is 0.102 e. The molecule has 0 aliphatic heterocycles. The van der Waals surface area contributed by atoms with E-state index in [1.54, 1.807) is 36.4 Å². The molecule has 1 atom stereocenters. The van der Waals surface area contributed by atoms with Crippen molar-refractivity contribution in [3.63, 3.8) is 0 Å². The molecule has 1 heterocycles. The Labute approximate surface area is 188 Å². The second kappa shape index (κ2) is 10.8. The van der Waals surface area contributed by atoms with Crippen molar-refractivity contribution in [1.29, 1.82) is 0 Å². The van der Waals surface area contributed by atoms with Gasteiger partial charge >= 0.3 is 0 Å². The number of imidazole rings is 1. The highest BCUT2D eigenvalue weighted by Gasteiger charge is 2.16. The van der Waals surface area contributed by atoms with Crippen LogP contribution in [-0.2, 0) is 17.0 Å². The second-order valence-electron chi connectivity index (χ2n) is 6.07. The molecule has 28 heavy (non-hydrogen) atoms. The number of hydrogen-bond acceptors (Lipinski definition) is 3. The Morgan fingerprint density at radius 1 is 1.00 bits per heavy atom. The van der Waals surface area contributed by atoms with Gasteiger partial charge in [0.05, 0.1) is 19.5 Å². The van der Waals surface area contributed by atoms with Crippen LogP contribution in [0.25, 0.3) is 0 Å². The van der Waals surface area contributed by atoms with Gasteiger partial charge in [0.25, 0.3) is 0 Å². The van der Waals surface area contributed by atoms with E-state index in [0.717, 1.165) is 22.6 Å². The van der Waals surface area contributed by atoms with E-state index in [9.17, 15) is 0 Å². The number of ether oxygens (including phenoxy) is 1. The molecule has 0 fully saturated rings. The zero-order chi connectivity index (χ0) is 19.9. The summed E-state index contributed by atoms with van der Waals surface area (Å²) >= 11 is 26.3. The molecule has 0 saturated heterocycles. The summed E-state index contributed by atoms with van der Waals surface area (Å²) in [5.41, 5.74) is 1.97. The molecule has 1 unspecified atom stereocenters. The average molecular weight is 476 g/mol. The summed E-state index contributed by atoms with van der Waals surface area (Å²) in [6.07, 6.45) is 5.21. The van der Waals surface area contributed by atoms with Crippen LogP contribution >= 0.6 is 58.2 Å². The Hall–Kier alpha value is -0.880. The molecule has 1 aromatic heterocycles. The molecule has 3 rings (SSSR count). The van der Waals surface area contributed by atoms with Crippen molar-refractivity contribution in [3.8, 4) is 0 Å². The van der Waals surface area contributed by atoms with Crippen LogP contribution in [-0.4, -0.2) is 21.9 Å². The van der Waals surface area contributed by atoms with Crippen molar-refractivity contribution in [2.45, 2.75) is 18.4 Å². The van der Waals surface area contributed by atoms with E-state index >= 15 is 0 Å². The first-order chi connectivity index (χ1) is 13.5. The predicted molar refractivity (Wildman–Crippen MR) is 120 cm³/mol. The molecule has 148 valence electrons. The summed E-state index contributed by atoms with van der Waals surface area (Å²) in [5.74, 6) is 1.62. The van der Waals surface area contributed by atoms with Crippen molar-refractivity contribution in [1.82, 2.24) is 9.55 Å². The van der Waals surface area contributed by atoms with Crippen LogP contribution in [0.5, 0.6) is 0 Å². The van der Waals surface area contributed by atoms with Gasteiger partial charge in [-0.15, -0.1) is 0 Å². The minimum absolute atomic E-state index is 0.196. The first-order valence-electron chi connectivity index (χ1n) is 8.57. The molecule has 2 aromatic carbocycles. The Morgan fingerprint density at radius 3 is 2.43 bits per heavy atom. The molecule has 3 nitrogen and oxygen atoms in total. The lowest BCUT2D eigenvalue weighted by Gasteiger charge is -2.20. The number of nitrogens with zero attached hydrogens (tertiary/aromatic N) is 2. The average Bonchev–Trinajstić information content (AvgIpc) is 3.15. The van der Waals surface area contributed by atoms with Gasteiger partial charge in [-0.25, -0.2) is 4.98 Å². The molecule has 0 radical (unpaired) electrons. The van der Waals surface area contributed by atoms with E-state index in [0.29, 0.717) is 33.2 Å². The molecule has 8 heteroatoms. The van der Waals surface area contributed by atoms with E-state index in [4.69, 9.17) is 51.1 Å². The van der Waals surface area contributed by atoms with E-state index in [-0.39, 0.29) is 6.10 Å². The lowest BCUT2D eigenvalue weighted by atomic mass is 10.1. The fourth-order valence-electron chi connectivity index (χ4n) is 2.66. The number of aromatic nitrogens is 2. The molecule has 0 bridgehead atoms. The summed E-state index contributed by atoms with van der Waals surface area (Å²) in [7, 11) is 0. The molecule has 0 spiro atoms. The smallest absolute Gasteiger partial charge is 0.102 e. The number of benzene rings is 2. The van der Waals surface area contributed by atoms with Gasteiger partial charge in [0, 0.05) is 49.6 Å². The minimum atomic E-state index is -0.196. The van der Waals surface area contributed by atoms with Crippen molar-refractivity contribution in [3.05, 3.63) is 86.3 Å². The third-order valence-electron chi connectivity index (χ3n) is 4.06. The summed E-state index contributed by atoms with van der Waals surface area (Å²) in [6.45, 7) is 1.20. The molecule has 3 aromatic rings. The highest BCUT2D eigenvalue weighted by Crippen LogP contribution is 2.30. The van der Waals surface area contributed by atoms with Gasteiger partial charge in [0.15, 0.2) is 0 Å². The third kappa shape index (κ3) is 6.31. The van der Waals surface area contributed by atoms with Crippen molar-refractivity contribution in [2.24, 2.45) is 0 Å². The van der Waals surface area contributed by atoms with Crippen LogP contribution in [0, 0.1) is 0 Å². The van der Waals surface area contributed by atoms with Crippen LogP contribution in [0.2, 0.25) is 20.1 Å². The largest absolute Gasteiger partial charge is 0.371 e. The van der Waals surface area contributed by atoms with E-state index in [1.165, 1.54) is 0 Å². The summed E-state index contributed by atoms with van der Waals surface area (Å²) in [4.78, 5) is 4.09. The quantitative estimate of drug-likeness (QED) is 0.306. The number of halogens is 4. The van der Waals surface area contributed by atoms with E-state index in [1.807, 2.05) is 35.0 Å². The number of hydrogen-bond donors (Lipinski definition) is 0. The van der Waals surface area contributed by atoms with E-state index < -0.39 is 0 Å². The van der Waals surface area contributed by atoms with Crippen LogP contribution in [0.4, 0.5) is 0 Å². The minimum Gasteiger partial charge on any atom is -0.371 e. The highest BCUT2D eigenvalue weighted by molar-refractivity contribution is 7.98. The SMILES string of the molecule is Clc1ccc(CSCCOC(Cn2ccnc2)c2ccc(Cl)cc2Cl)c(Cl)c1. The number of rotatable bonds is 9. The lowest BCUT2D eigenvalue weighted by Crippen LogP contribution is -2.14. The fourth-order valence-corrected chi connectivity index (χ4v) is 4.57. The van der Waals surface area contributed by atoms with Crippen molar-refractivity contribution >= 4 is 58.2 Å². The topological polar surface area (TPSA) is 27.1 Å². The van der Waals surface area contributed by atoms with Gasteiger partial charge in [0.2, 0.25) is 0 Å². The van der Waals surface area contributed by atoms with Gasteiger partial charge in [-0.3, -0.25) is 0 Å². The molecular weight excluding hydrogens is 458 g/mol. The monoisotopic (exact) mass is 474 g/mol. The number of thioether (sulfide) groups is 1. The Kier molecular flexibility index (Phi) is 8.39. The van der Waals surface area contributed by atoms with Crippen LogP contribution in [0.1, 0.15) is 17.2 Å². The fraction of sp³-hybridized carbons (Fsp3) is 0.250.